The molecule has 6 heteroatoms. The molecule has 3 rings (SSSR count). The van der Waals surface area contributed by atoms with Gasteiger partial charge in [0.25, 0.3) is 0 Å². The normalized spacial score (nSPS) is 11.0. The van der Waals surface area contributed by atoms with Crippen molar-refractivity contribution in [2.75, 3.05) is 6.54 Å². The third-order valence-corrected chi connectivity index (χ3v) is 4.07. The van der Waals surface area contributed by atoms with Crippen molar-refractivity contribution in [1.29, 1.82) is 0 Å². The van der Waals surface area contributed by atoms with Gasteiger partial charge in [0.15, 0.2) is 0 Å². The van der Waals surface area contributed by atoms with Crippen LogP contribution in [0.3, 0.4) is 0 Å². The van der Waals surface area contributed by atoms with Gasteiger partial charge in [-0.05, 0) is 30.9 Å². The van der Waals surface area contributed by atoms with Gasteiger partial charge in [0.1, 0.15) is 6.33 Å². The molecule has 2 N–H and O–H groups in total. The van der Waals surface area contributed by atoms with Crippen molar-refractivity contribution in [1.82, 2.24) is 19.3 Å². The molecule has 0 aliphatic rings. The number of H-pyrrole nitrogens is 1. The zero-order chi connectivity index (χ0) is 16.1. The maximum absolute atomic E-state index is 11.9. The van der Waals surface area contributed by atoms with E-state index in [1.165, 1.54) is 10.9 Å². The van der Waals surface area contributed by atoms with Gasteiger partial charge in [0.2, 0.25) is 5.91 Å². The van der Waals surface area contributed by atoms with Gasteiger partial charge >= 0.3 is 0 Å². The van der Waals surface area contributed by atoms with Gasteiger partial charge in [-0.15, -0.1) is 0 Å². The highest BCUT2D eigenvalue weighted by Crippen LogP contribution is 2.18. The van der Waals surface area contributed by atoms with E-state index in [-0.39, 0.29) is 5.91 Å². The minimum Gasteiger partial charge on any atom is -0.361 e. The van der Waals surface area contributed by atoms with Gasteiger partial charge in [-0.2, -0.15) is 0 Å². The standard InChI is InChI=1S/C17H20N4OS/c22-17(18-9-3-4-14-11-21(23)12-20-14)8-7-13-10-19-16-6-2-1-5-15(13)16/h1-2,5-6,10-12,19,23H,3-4,7-9H2,(H,18,22). The molecule has 0 fully saturated rings. The molecule has 2 heterocycles. The first-order valence-electron chi connectivity index (χ1n) is 7.76. The van der Waals surface area contributed by atoms with E-state index >= 15 is 0 Å². The summed E-state index contributed by atoms with van der Waals surface area (Å²) in [5.74, 6) is 0.0926. The molecular weight excluding hydrogens is 308 g/mol. The Morgan fingerprint density at radius 2 is 2.17 bits per heavy atom. The number of nitrogens with one attached hydrogen (secondary N) is 2. The second kappa shape index (κ2) is 7.37. The Balaban J connectivity index is 1.39. The lowest BCUT2D eigenvalue weighted by Gasteiger charge is -2.04. The summed E-state index contributed by atoms with van der Waals surface area (Å²) in [6.45, 7) is 0.673. The quantitative estimate of drug-likeness (QED) is 0.461. The van der Waals surface area contributed by atoms with Crippen LogP contribution in [0.4, 0.5) is 0 Å². The van der Waals surface area contributed by atoms with Gasteiger partial charge in [0, 0.05) is 36.3 Å². The third-order valence-electron chi connectivity index (χ3n) is 3.85. The number of amides is 1. The molecule has 0 aliphatic heterocycles. The van der Waals surface area contributed by atoms with Crippen LogP contribution in [-0.2, 0) is 17.6 Å². The van der Waals surface area contributed by atoms with Crippen molar-refractivity contribution < 1.29 is 4.79 Å². The highest BCUT2D eigenvalue weighted by molar-refractivity contribution is 7.78. The molecule has 0 atom stereocenters. The maximum atomic E-state index is 11.9. The Bertz CT molecular complexity index is 793. The molecule has 3 aromatic rings. The van der Waals surface area contributed by atoms with E-state index in [0.29, 0.717) is 13.0 Å². The number of aromatic amines is 1. The zero-order valence-electron chi connectivity index (χ0n) is 12.8. The number of rotatable bonds is 7. The summed E-state index contributed by atoms with van der Waals surface area (Å²) in [6.07, 6.45) is 8.51. The number of fused-ring (bicyclic) bond motifs is 1. The maximum Gasteiger partial charge on any atom is 0.220 e. The Labute approximate surface area is 140 Å². The third kappa shape index (κ3) is 4.16. The predicted molar refractivity (Wildman–Crippen MR) is 94.6 cm³/mol. The van der Waals surface area contributed by atoms with Crippen LogP contribution in [0.2, 0.25) is 0 Å². The largest absolute Gasteiger partial charge is 0.361 e. The minimum absolute atomic E-state index is 0.0926. The molecule has 23 heavy (non-hydrogen) atoms. The lowest BCUT2D eigenvalue weighted by atomic mass is 10.1. The highest BCUT2D eigenvalue weighted by Gasteiger charge is 2.06. The van der Waals surface area contributed by atoms with Crippen molar-refractivity contribution in [2.45, 2.75) is 25.7 Å². The summed E-state index contributed by atoms with van der Waals surface area (Å²) in [7, 11) is 0. The fraction of sp³-hybridized carbons (Fsp3) is 0.294. The van der Waals surface area contributed by atoms with Gasteiger partial charge in [-0.25, -0.2) is 4.98 Å². The van der Waals surface area contributed by atoms with E-state index in [0.717, 1.165) is 30.5 Å². The molecule has 0 bridgehead atoms. The molecule has 0 radical (unpaired) electrons. The summed E-state index contributed by atoms with van der Waals surface area (Å²) in [5.41, 5.74) is 3.30. The van der Waals surface area contributed by atoms with Crippen LogP contribution >= 0.6 is 12.8 Å². The van der Waals surface area contributed by atoms with Gasteiger partial charge < -0.3 is 10.3 Å². The Morgan fingerprint density at radius 3 is 3.00 bits per heavy atom. The number of aromatic nitrogens is 3. The summed E-state index contributed by atoms with van der Waals surface area (Å²) in [5, 5.41) is 4.16. The van der Waals surface area contributed by atoms with Crippen LogP contribution < -0.4 is 5.32 Å². The number of nitrogens with zero attached hydrogens (tertiary/aromatic N) is 2. The second-order valence-electron chi connectivity index (χ2n) is 5.56. The molecule has 0 unspecified atom stereocenters. The monoisotopic (exact) mass is 328 g/mol. The number of aryl methyl sites for hydroxylation is 2. The first kappa shape index (κ1) is 15.7. The number of thiol groups is 1. The van der Waals surface area contributed by atoms with Crippen LogP contribution in [-0.4, -0.2) is 26.4 Å². The fourth-order valence-corrected chi connectivity index (χ4v) is 2.84. The summed E-state index contributed by atoms with van der Waals surface area (Å²) in [4.78, 5) is 19.4. The van der Waals surface area contributed by atoms with Crippen molar-refractivity contribution >= 4 is 29.6 Å². The number of carbonyl (C=O) groups is 1. The molecule has 5 nitrogen and oxygen atoms in total. The van der Waals surface area contributed by atoms with Crippen molar-refractivity contribution in [3.8, 4) is 0 Å². The van der Waals surface area contributed by atoms with Crippen molar-refractivity contribution in [3.05, 3.63) is 54.2 Å². The van der Waals surface area contributed by atoms with Gasteiger partial charge in [-0.1, -0.05) is 31.0 Å². The van der Waals surface area contributed by atoms with Gasteiger partial charge in [-0.3, -0.25) is 8.77 Å². The molecule has 0 spiro atoms. The topological polar surface area (TPSA) is 62.7 Å². The van der Waals surface area contributed by atoms with Crippen LogP contribution in [0.1, 0.15) is 24.1 Å². The highest BCUT2D eigenvalue weighted by atomic mass is 32.1. The second-order valence-corrected chi connectivity index (χ2v) is 6.02. The van der Waals surface area contributed by atoms with E-state index in [4.69, 9.17) is 0 Å². The lowest BCUT2D eigenvalue weighted by Crippen LogP contribution is -2.24. The minimum atomic E-state index is 0.0926. The van der Waals surface area contributed by atoms with Crippen molar-refractivity contribution in [3.63, 3.8) is 0 Å². The summed E-state index contributed by atoms with van der Waals surface area (Å²) >= 11 is 4.15. The zero-order valence-corrected chi connectivity index (χ0v) is 13.7. The van der Waals surface area contributed by atoms with E-state index < -0.39 is 0 Å². The molecule has 1 aromatic carbocycles. The first-order valence-corrected chi connectivity index (χ1v) is 8.16. The number of hydrogen-bond acceptors (Lipinski definition) is 3. The molecular formula is C17H20N4OS. The summed E-state index contributed by atoms with van der Waals surface area (Å²) < 4.78 is 1.63. The average Bonchev–Trinajstić information content (AvgIpc) is 3.16. The van der Waals surface area contributed by atoms with Crippen LogP contribution in [0.5, 0.6) is 0 Å². The van der Waals surface area contributed by atoms with Gasteiger partial charge in [0.05, 0.1) is 5.69 Å². The molecule has 2 aromatic heterocycles. The Kier molecular flexibility index (Phi) is 5.02. The number of para-hydroxylation sites is 1. The van der Waals surface area contributed by atoms with Crippen LogP contribution in [0, 0.1) is 0 Å². The Morgan fingerprint density at radius 1 is 1.30 bits per heavy atom. The van der Waals surface area contributed by atoms with E-state index in [1.807, 2.05) is 30.6 Å². The van der Waals surface area contributed by atoms with Crippen LogP contribution in [0.25, 0.3) is 10.9 Å². The molecule has 0 aliphatic carbocycles. The average molecular weight is 328 g/mol. The molecule has 120 valence electrons. The molecule has 1 amide bonds. The molecule has 0 saturated heterocycles. The van der Waals surface area contributed by atoms with Crippen LogP contribution in [0.15, 0.2) is 43.0 Å². The first-order chi connectivity index (χ1) is 11.2. The number of hydrogen-bond donors (Lipinski definition) is 3. The number of benzene rings is 1. The predicted octanol–water partition coefficient (Wildman–Crippen LogP) is 2.74. The molecule has 0 saturated carbocycles. The number of imidazole rings is 1. The van der Waals surface area contributed by atoms with E-state index in [1.54, 1.807) is 10.3 Å². The van der Waals surface area contributed by atoms with E-state index in [2.05, 4.69) is 34.2 Å². The fourth-order valence-electron chi connectivity index (χ4n) is 2.65. The summed E-state index contributed by atoms with van der Waals surface area (Å²) in [6, 6.07) is 8.16. The smallest absolute Gasteiger partial charge is 0.220 e. The SMILES string of the molecule is O=C(CCc1c[nH]c2ccccc12)NCCCc1cn(S)cn1. The van der Waals surface area contributed by atoms with E-state index in [9.17, 15) is 4.79 Å². The number of carbonyl (C=O) groups excluding carboxylic acids is 1. The van der Waals surface area contributed by atoms with Crippen molar-refractivity contribution in [2.24, 2.45) is 0 Å². The lowest BCUT2D eigenvalue weighted by molar-refractivity contribution is -0.121. The Hall–Kier alpha value is -2.21.